The monoisotopic (exact) mass is 277 g/mol. The molecular weight excluding hydrogens is 250 g/mol. The summed E-state index contributed by atoms with van der Waals surface area (Å²) in [7, 11) is 3.92. The van der Waals surface area contributed by atoms with Crippen molar-refractivity contribution in [2.75, 3.05) is 30.9 Å². The van der Waals surface area contributed by atoms with Crippen molar-refractivity contribution in [1.29, 1.82) is 0 Å². The summed E-state index contributed by atoms with van der Waals surface area (Å²) in [5.41, 5.74) is 7.67. The first-order valence-corrected chi connectivity index (χ1v) is 7.02. The Balaban J connectivity index is 2.84. The van der Waals surface area contributed by atoms with Gasteiger partial charge in [-0.3, -0.25) is 4.79 Å². The number of hydrogen-bond donors (Lipinski definition) is 2. The third kappa shape index (κ3) is 4.85. The zero-order valence-corrected chi connectivity index (χ0v) is 13.2. The molecule has 4 heteroatoms. The Morgan fingerprint density at radius 3 is 2.40 bits per heavy atom. The van der Waals surface area contributed by atoms with E-state index in [0.29, 0.717) is 6.54 Å². The minimum Gasteiger partial charge on any atom is -0.376 e. The molecule has 0 aliphatic rings. The van der Waals surface area contributed by atoms with E-state index in [0.717, 1.165) is 17.8 Å². The number of hydrogen-bond acceptors (Lipinski definition) is 3. The predicted molar refractivity (Wildman–Crippen MR) is 86.0 cm³/mol. The Hall–Kier alpha value is -1.55. The van der Waals surface area contributed by atoms with Gasteiger partial charge in [0, 0.05) is 20.6 Å². The summed E-state index contributed by atoms with van der Waals surface area (Å²) in [6.07, 6.45) is 0.777. The molecule has 0 saturated carbocycles. The molecule has 1 aromatic carbocycles. The highest BCUT2D eigenvalue weighted by molar-refractivity contribution is 5.95. The number of amides is 1. The first-order chi connectivity index (χ1) is 9.24. The number of anilines is 2. The third-order valence-electron chi connectivity index (χ3n) is 3.16. The van der Waals surface area contributed by atoms with Crippen LogP contribution in [0, 0.1) is 11.3 Å². The van der Waals surface area contributed by atoms with E-state index < -0.39 is 0 Å². The summed E-state index contributed by atoms with van der Waals surface area (Å²) >= 11 is 0. The molecule has 1 amide bonds. The SMILES string of the molecule is CN(C)c1ccccc1NC(=O)C(CN)CC(C)(C)C. The Bertz CT molecular complexity index is 449. The summed E-state index contributed by atoms with van der Waals surface area (Å²) in [4.78, 5) is 14.4. The number of carbonyl (C=O) groups excluding carboxylic acids is 1. The van der Waals surface area contributed by atoms with Crippen LogP contribution in [0.5, 0.6) is 0 Å². The van der Waals surface area contributed by atoms with Gasteiger partial charge in [0.05, 0.1) is 17.3 Å². The lowest BCUT2D eigenvalue weighted by atomic mass is 9.84. The maximum absolute atomic E-state index is 12.4. The number of para-hydroxylation sites is 2. The Morgan fingerprint density at radius 1 is 1.30 bits per heavy atom. The van der Waals surface area contributed by atoms with E-state index in [1.165, 1.54) is 0 Å². The van der Waals surface area contributed by atoms with Crippen LogP contribution in [0.4, 0.5) is 11.4 Å². The van der Waals surface area contributed by atoms with Crippen molar-refractivity contribution in [2.24, 2.45) is 17.1 Å². The summed E-state index contributed by atoms with van der Waals surface area (Å²) in [5, 5.41) is 3.00. The molecule has 0 aliphatic carbocycles. The van der Waals surface area contributed by atoms with E-state index in [2.05, 4.69) is 26.1 Å². The lowest BCUT2D eigenvalue weighted by Gasteiger charge is -2.25. The van der Waals surface area contributed by atoms with Crippen molar-refractivity contribution in [3.63, 3.8) is 0 Å². The lowest BCUT2D eigenvalue weighted by molar-refractivity contribution is -0.120. The molecule has 4 nitrogen and oxygen atoms in total. The minimum absolute atomic E-state index is 0.00303. The molecule has 3 N–H and O–H groups in total. The smallest absolute Gasteiger partial charge is 0.228 e. The van der Waals surface area contributed by atoms with Crippen LogP contribution >= 0.6 is 0 Å². The van der Waals surface area contributed by atoms with Crippen LogP contribution in [0.1, 0.15) is 27.2 Å². The summed E-state index contributed by atoms with van der Waals surface area (Å²) in [5.74, 6) is -0.165. The van der Waals surface area contributed by atoms with Gasteiger partial charge in [0.25, 0.3) is 0 Å². The highest BCUT2D eigenvalue weighted by Crippen LogP contribution is 2.27. The van der Waals surface area contributed by atoms with Crippen molar-refractivity contribution in [1.82, 2.24) is 0 Å². The van der Waals surface area contributed by atoms with Gasteiger partial charge in [-0.25, -0.2) is 0 Å². The van der Waals surface area contributed by atoms with Crippen LogP contribution in [0.15, 0.2) is 24.3 Å². The molecule has 1 rings (SSSR count). The maximum atomic E-state index is 12.4. The standard InChI is InChI=1S/C16H27N3O/c1-16(2,3)10-12(11-17)15(20)18-13-8-6-7-9-14(13)19(4)5/h6-9,12H,10-11,17H2,1-5H3,(H,18,20). The van der Waals surface area contributed by atoms with Gasteiger partial charge in [-0.2, -0.15) is 0 Å². The maximum Gasteiger partial charge on any atom is 0.228 e. The molecule has 0 heterocycles. The largest absolute Gasteiger partial charge is 0.376 e. The molecular formula is C16H27N3O. The van der Waals surface area contributed by atoms with E-state index >= 15 is 0 Å². The zero-order valence-electron chi connectivity index (χ0n) is 13.2. The highest BCUT2D eigenvalue weighted by atomic mass is 16.1. The van der Waals surface area contributed by atoms with Crippen molar-refractivity contribution < 1.29 is 4.79 Å². The first kappa shape index (κ1) is 16.5. The second-order valence-electron chi connectivity index (χ2n) is 6.60. The molecule has 1 unspecified atom stereocenters. The number of nitrogens with two attached hydrogens (primary N) is 1. The van der Waals surface area contributed by atoms with Gasteiger partial charge in [-0.1, -0.05) is 32.9 Å². The van der Waals surface area contributed by atoms with E-state index in [1.807, 2.05) is 43.3 Å². The number of rotatable bonds is 5. The van der Waals surface area contributed by atoms with Gasteiger partial charge >= 0.3 is 0 Å². The zero-order chi connectivity index (χ0) is 15.3. The summed E-state index contributed by atoms with van der Waals surface area (Å²) in [6.45, 7) is 6.73. The summed E-state index contributed by atoms with van der Waals surface area (Å²) < 4.78 is 0. The quantitative estimate of drug-likeness (QED) is 0.870. The van der Waals surface area contributed by atoms with E-state index in [9.17, 15) is 4.79 Å². The van der Waals surface area contributed by atoms with Crippen LogP contribution in [0.25, 0.3) is 0 Å². The molecule has 0 spiro atoms. The molecule has 0 aliphatic heterocycles. The van der Waals surface area contributed by atoms with Crippen LogP contribution in [-0.4, -0.2) is 26.5 Å². The second-order valence-corrected chi connectivity index (χ2v) is 6.60. The van der Waals surface area contributed by atoms with Crippen molar-refractivity contribution in [3.8, 4) is 0 Å². The van der Waals surface area contributed by atoms with Crippen LogP contribution in [0.3, 0.4) is 0 Å². The molecule has 0 aromatic heterocycles. The molecule has 1 aromatic rings. The molecule has 0 bridgehead atoms. The van der Waals surface area contributed by atoms with Gasteiger partial charge in [0.1, 0.15) is 0 Å². The van der Waals surface area contributed by atoms with Gasteiger partial charge in [-0.15, -0.1) is 0 Å². The van der Waals surface area contributed by atoms with Gasteiger partial charge in [0.2, 0.25) is 5.91 Å². The van der Waals surface area contributed by atoms with Gasteiger partial charge < -0.3 is 16.0 Å². The van der Waals surface area contributed by atoms with E-state index in [4.69, 9.17) is 5.73 Å². The second kappa shape index (κ2) is 6.75. The predicted octanol–water partition coefficient (Wildman–Crippen LogP) is 2.70. The van der Waals surface area contributed by atoms with Crippen LogP contribution < -0.4 is 16.0 Å². The average Bonchev–Trinajstić information content (AvgIpc) is 2.35. The van der Waals surface area contributed by atoms with Gasteiger partial charge in [0.15, 0.2) is 0 Å². The topological polar surface area (TPSA) is 58.4 Å². The minimum atomic E-state index is -0.162. The lowest BCUT2D eigenvalue weighted by Crippen LogP contribution is -2.32. The summed E-state index contributed by atoms with van der Waals surface area (Å²) in [6, 6.07) is 7.78. The number of benzene rings is 1. The third-order valence-corrected chi connectivity index (χ3v) is 3.16. The average molecular weight is 277 g/mol. The molecule has 20 heavy (non-hydrogen) atoms. The van der Waals surface area contributed by atoms with E-state index in [1.54, 1.807) is 0 Å². The molecule has 0 saturated heterocycles. The fraction of sp³-hybridized carbons (Fsp3) is 0.562. The number of nitrogens with one attached hydrogen (secondary N) is 1. The number of carbonyl (C=O) groups is 1. The Kier molecular flexibility index (Phi) is 5.57. The van der Waals surface area contributed by atoms with Crippen LogP contribution in [-0.2, 0) is 4.79 Å². The highest BCUT2D eigenvalue weighted by Gasteiger charge is 2.24. The molecule has 0 radical (unpaired) electrons. The molecule has 112 valence electrons. The fourth-order valence-electron chi connectivity index (χ4n) is 2.23. The van der Waals surface area contributed by atoms with Crippen LogP contribution in [0.2, 0.25) is 0 Å². The Morgan fingerprint density at radius 2 is 1.90 bits per heavy atom. The fourth-order valence-corrected chi connectivity index (χ4v) is 2.23. The molecule has 1 atom stereocenters. The molecule has 0 fully saturated rings. The van der Waals surface area contributed by atoms with Crippen molar-refractivity contribution in [2.45, 2.75) is 27.2 Å². The van der Waals surface area contributed by atoms with Crippen molar-refractivity contribution in [3.05, 3.63) is 24.3 Å². The van der Waals surface area contributed by atoms with Crippen molar-refractivity contribution >= 4 is 17.3 Å². The normalized spacial score (nSPS) is 12.9. The first-order valence-electron chi connectivity index (χ1n) is 7.02. The Labute approximate surface area is 122 Å². The number of nitrogens with zero attached hydrogens (tertiary/aromatic N) is 1. The van der Waals surface area contributed by atoms with Gasteiger partial charge in [-0.05, 0) is 24.0 Å². The van der Waals surface area contributed by atoms with E-state index in [-0.39, 0.29) is 17.2 Å².